The zero-order valence-corrected chi connectivity index (χ0v) is 15.7. The number of methoxy groups -OCH3 is 1. The molecule has 1 amide bonds. The molecule has 2 heterocycles. The molecule has 0 saturated carbocycles. The number of hydrogen-bond donors (Lipinski definition) is 2. The molecule has 27 heavy (non-hydrogen) atoms. The summed E-state index contributed by atoms with van der Waals surface area (Å²) >= 11 is 0. The summed E-state index contributed by atoms with van der Waals surface area (Å²) in [6.45, 7) is 2.85. The van der Waals surface area contributed by atoms with E-state index >= 15 is 0 Å². The quantitative estimate of drug-likeness (QED) is 0.349. The third-order valence-corrected chi connectivity index (χ3v) is 5.12. The van der Waals surface area contributed by atoms with E-state index in [9.17, 15) is 9.59 Å². The fourth-order valence-electron chi connectivity index (χ4n) is 3.72. The maximum Gasteiger partial charge on any atom is 0.308 e. The molecule has 3 rings (SSSR count). The number of carbonyl (C=O) groups is 2. The summed E-state index contributed by atoms with van der Waals surface area (Å²) in [5.41, 5.74) is 13.1. The van der Waals surface area contributed by atoms with Crippen molar-refractivity contribution >= 4 is 23.5 Å². The molecule has 0 atom stereocenters. The summed E-state index contributed by atoms with van der Waals surface area (Å²) in [4.78, 5) is 26.4. The third-order valence-electron chi connectivity index (χ3n) is 5.12. The van der Waals surface area contributed by atoms with E-state index in [1.165, 1.54) is 7.11 Å². The van der Waals surface area contributed by atoms with Gasteiger partial charge in [-0.2, -0.15) is 5.10 Å². The molecule has 0 unspecified atom stereocenters. The van der Waals surface area contributed by atoms with Crippen molar-refractivity contribution in [1.82, 2.24) is 4.90 Å². The van der Waals surface area contributed by atoms with Gasteiger partial charge in [-0.1, -0.05) is 0 Å². The highest BCUT2D eigenvalue weighted by Gasteiger charge is 2.33. The van der Waals surface area contributed by atoms with Gasteiger partial charge in [0.2, 0.25) is 5.96 Å². The number of guanidine groups is 1. The first-order chi connectivity index (χ1) is 12.9. The molecule has 1 aliphatic carbocycles. The second-order valence-electron chi connectivity index (χ2n) is 6.87. The predicted octanol–water partition coefficient (Wildman–Crippen LogP) is 0.927. The fraction of sp³-hybridized carbons (Fsp3) is 0.556. The van der Waals surface area contributed by atoms with Crippen LogP contribution in [0.1, 0.15) is 53.1 Å². The molecule has 1 saturated heterocycles. The Morgan fingerprint density at radius 3 is 2.56 bits per heavy atom. The topological polar surface area (TPSA) is 137 Å². The first-order valence-electron chi connectivity index (χ1n) is 9.07. The molecule has 0 spiro atoms. The zero-order chi connectivity index (χ0) is 19.6. The van der Waals surface area contributed by atoms with Crippen LogP contribution in [-0.4, -0.2) is 48.6 Å². The molecule has 4 N–H and O–H groups in total. The van der Waals surface area contributed by atoms with Crippen LogP contribution in [0.4, 0.5) is 0 Å². The average Bonchev–Trinajstić information content (AvgIpc) is 3.02. The number of furan rings is 1. The largest absolute Gasteiger partial charge is 0.469 e. The normalized spacial score (nSPS) is 18.9. The Bertz CT molecular complexity index is 799. The van der Waals surface area contributed by atoms with Crippen LogP contribution >= 0.6 is 0 Å². The number of fused-ring (bicyclic) bond motifs is 1. The first kappa shape index (κ1) is 18.9. The van der Waals surface area contributed by atoms with Crippen molar-refractivity contribution in [2.45, 2.75) is 39.0 Å². The molecule has 1 aliphatic heterocycles. The van der Waals surface area contributed by atoms with E-state index in [1.54, 1.807) is 4.90 Å². The highest BCUT2D eigenvalue weighted by Crippen LogP contribution is 2.31. The number of rotatable bonds is 3. The maximum atomic E-state index is 13.0. The summed E-state index contributed by atoms with van der Waals surface area (Å²) in [5, 5.41) is 7.87. The van der Waals surface area contributed by atoms with Gasteiger partial charge >= 0.3 is 5.97 Å². The Labute approximate surface area is 157 Å². The molecular weight excluding hydrogens is 350 g/mol. The lowest BCUT2D eigenvalue weighted by Crippen LogP contribution is -2.40. The lowest BCUT2D eigenvalue weighted by molar-refractivity contribution is -0.146. The van der Waals surface area contributed by atoms with Gasteiger partial charge in [0.05, 0.1) is 18.7 Å². The number of hydrogen-bond acceptors (Lipinski definition) is 6. The van der Waals surface area contributed by atoms with E-state index in [4.69, 9.17) is 20.6 Å². The third kappa shape index (κ3) is 3.81. The van der Waals surface area contributed by atoms with Crippen LogP contribution in [0.25, 0.3) is 0 Å². The first-order valence-corrected chi connectivity index (χ1v) is 9.07. The van der Waals surface area contributed by atoms with Gasteiger partial charge < -0.3 is 25.5 Å². The number of nitrogens with zero attached hydrogens (tertiary/aromatic N) is 3. The number of nitrogens with two attached hydrogens (primary N) is 2. The minimum Gasteiger partial charge on any atom is -0.469 e. The lowest BCUT2D eigenvalue weighted by atomic mass is 9.93. The van der Waals surface area contributed by atoms with E-state index in [1.807, 2.05) is 6.92 Å². The van der Waals surface area contributed by atoms with Gasteiger partial charge in [-0.05, 0) is 32.6 Å². The maximum absolute atomic E-state index is 13.0. The van der Waals surface area contributed by atoms with Crippen LogP contribution < -0.4 is 11.5 Å². The van der Waals surface area contributed by atoms with E-state index in [2.05, 4.69) is 10.2 Å². The molecule has 1 aromatic rings. The fourth-order valence-corrected chi connectivity index (χ4v) is 3.72. The van der Waals surface area contributed by atoms with E-state index < -0.39 is 0 Å². The van der Waals surface area contributed by atoms with Crippen LogP contribution in [0.2, 0.25) is 0 Å². The van der Waals surface area contributed by atoms with Gasteiger partial charge in [0.1, 0.15) is 5.76 Å². The van der Waals surface area contributed by atoms with Crippen molar-refractivity contribution < 1.29 is 18.7 Å². The van der Waals surface area contributed by atoms with E-state index in [0.29, 0.717) is 31.7 Å². The zero-order valence-electron chi connectivity index (χ0n) is 15.7. The van der Waals surface area contributed by atoms with Gasteiger partial charge in [0.25, 0.3) is 5.91 Å². The summed E-state index contributed by atoms with van der Waals surface area (Å²) in [5.74, 6) is 0.439. The van der Waals surface area contributed by atoms with Crippen LogP contribution in [0.3, 0.4) is 0 Å². The number of amides is 1. The summed E-state index contributed by atoms with van der Waals surface area (Å²) < 4.78 is 10.7. The molecular formula is C18H25N5O4. The standard InChI is InChI=1S/C18H25N5O4/c1-10-14-12(21-22-18(19)20)4-3-5-13(14)27-15(10)16(24)23-8-6-11(7-9-23)17(25)26-2/h11H,3-9H2,1-2H3,(H4,19,20,22)/b21-12+. The molecule has 0 bridgehead atoms. The van der Waals surface area contributed by atoms with Crippen molar-refractivity contribution in [2.24, 2.45) is 27.6 Å². The van der Waals surface area contributed by atoms with Crippen LogP contribution in [-0.2, 0) is 16.0 Å². The van der Waals surface area contributed by atoms with Gasteiger partial charge in [0, 0.05) is 30.6 Å². The van der Waals surface area contributed by atoms with E-state index in [-0.39, 0.29) is 23.8 Å². The Balaban J connectivity index is 1.81. The van der Waals surface area contributed by atoms with Crippen LogP contribution in [0.15, 0.2) is 14.6 Å². The second kappa shape index (κ2) is 7.81. The van der Waals surface area contributed by atoms with Gasteiger partial charge in [0.15, 0.2) is 5.76 Å². The van der Waals surface area contributed by atoms with Crippen LogP contribution in [0.5, 0.6) is 0 Å². The van der Waals surface area contributed by atoms with Crippen LogP contribution in [0, 0.1) is 12.8 Å². The molecule has 9 nitrogen and oxygen atoms in total. The number of esters is 1. The summed E-state index contributed by atoms with van der Waals surface area (Å²) in [7, 11) is 1.39. The number of piperidine rings is 1. The Morgan fingerprint density at radius 1 is 1.22 bits per heavy atom. The minimum atomic E-state index is -0.215. The summed E-state index contributed by atoms with van der Waals surface area (Å²) in [6.07, 6.45) is 3.51. The predicted molar refractivity (Wildman–Crippen MR) is 99.4 cm³/mol. The molecule has 1 fully saturated rings. The number of ether oxygens (including phenoxy) is 1. The number of aryl methyl sites for hydroxylation is 1. The van der Waals surface area contributed by atoms with Gasteiger partial charge in [-0.3, -0.25) is 9.59 Å². The van der Waals surface area contributed by atoms with E-state index in [0.717, 1.165) is 41.9 Å². The Hall–Kier alpha value is -2.84. The highest BCUT2D eigenvalue weighted by atomic mass is 16.5. The SMILES string of the molecule is COC(=O)C1CCN(C(=O)c2oc3c(c2C)/C(=N/N=C(N)N)CCC3)CC1. The lowest BCUT2D eigenvalue weighted by Gasteiger charge is -2.30. The van der Waals surface area contributed by atoms with Crippen molar-refractivity contribution in [3.63, 3.8) is 0 Å². The Morgan fingerprint density at radius 2 is 1.93 bits per heavy atom. The summed E-state index contributed by atoms with van der Waals surface area (Å²) in [6, 6.07) is 0. The van der Waals surface area contributed by atoms with Crippen molar-refractivity contribution in [2.75, 3.05) is 20.2 Å². The highest BCUT2D eigenvalue weighted by molar-refractivity contribution is 6.06. The monoisotopic (exact) mass is 375 g/mol. The minimum absolute atomic E-state index is 0.111. The number of likely N-dealkylation sites (tertiary alicyclic amines) is 1. The molecule has 1 aromatic heterocycles. The smallest absolute Gasteiger partial charge is 0.308 e. The molecule has 2 aliphatic rings. The second-order valence-corrected chi connectivity index (χ2v) is 6.87. The molecule has 146 valence electrons. The number of carbonyl (C=O) groups excluding carboxylic acids is 2. The van der Waals surface area contributed by atoms with Gasteiger partial charge in [-0.25, -0.2) is 0 Å². The average molecular weight is 375 g/mol. The van der Waals surface area contributed by atoms with Gasteiger partial charge in [-0.15, -0.1) is 5.10 Å². The molecule has 9 heteroatoms. The molecule has 0 aromatic carbocycles. The Kier molecular flexibility index (Phi) is 5.48. The van der Waals surface area contributed by atoms with Crippen molar-refractivity contribution in [1.29, 1.82) is 0 Å². The van der Waals surface area contributed by atoms with Crippen molar-refractivity contribution in [3.8, 4) is 0 Å². The molecule has 0 radical (unpaired) electrons. The van der Waals surface area contributed by atoms with Crippen molar-refractivity contribution in [3.05, 3.63) is 22.6 Å².